The van der Waals surface area contributed by atoms with Crippen molar-refractivity contribution < 1.29 is 9.59 Å². The van der Waals surface area contributed by atoms with Gasteiger partial charge in [-0.2, -0.15) is 0 Å². The van der Waals surface area contributed by atoms with Crippen LogP contribution in [0.1, 0.15) is 33.1 Å². The summed E-state index contributed by atoms with van der Waals surface area (Å²) < 4.78 is 0. The van der Waals surface area contributed by atoms with Crippen molar-refractivity contribution in [2.45, 2.75) is 39.2 Å². The van der Waals surface area contributed by atoms with Crippen molar-refractivity contribution >= 4 is 11.8 Å². The Morgan fingerprint density at radius 3 is 2.61 bits per heavy atom. The molecule has 2 amide bonds. The van der Waals surface area contributed by atoms with E-state index in [-0.39, 0.29) is 23.3 Å². The third kappa shape index (κ3) is 2.83. The quantitative estimate of drug-likeness (QED) is 0.734. The molecular weight excluding hydrogens is 230 g/mol. The Hall–Kier alpha value is -1.10. The number of carbonyl (C=O) groups excluding carboxylic acids is 2. The molecule has 2 fully saturated rings. The second-order valence-electron chi connectivity index (χ2n) is 5.75. The number of nitrogens with one attached hydrogen (secondary N) is 2. The van der Waals surface area contributed by atoms with Gasteiger partial charge in [-0.1, -0.05) is 6.92 Å². The fraction of sp³-hybridized carbons (Fsp3) is 0.846. The van der Waals surface area contributed by atoms with Crippen LogP contribution in [0.4, 0.5) is 0 Å². The molecule has 1 unspecified atom stereocenters. The molecule has 102 valence electrons. The first-order valence-electron chi connectivity index (χ1n) is 6.78. The lowest BCUT2D eigenvalue weighted by Gasteiger charge is -2.36. The lowest BCUT2D eigenvalue weighted by molar-refractivity contribution is -0.141. The Labute approximate surface area is 108 Å². The zero-order chi connectivity index (χ0) is 13.2. The van der Waals surface area contributed by atoms with Crippen molar-refractivity contribution in [2.75, 3.05) is 26.2 Å². The largest absolute Gasteiger partial charge is 0.352 e. The number of hydrogen-bond donors (Lipinski definition) is 2. The van der Waals surface area contributed by atoms with E-state index in [1.165, 1.54) is 6.92 Å². The molecule has 2 saturated heterocycles. The third-order valence-corrected chi connectivity index (χ3v) is 4.11. The molecule has 0 aliphatic carbocycles. The van der Waals surface area contributed by atoms with E-state index in [1.54, 1.807) is 0 Å². The molecule has 2 aliphatic heterocycles. The summed E-state index contributed by atoms with van der Waals surface area (Å²) in [5, 5.41) is 6.19. The van der Waals surface area contributed by atoms with Gasteiger partial charge in [0.1, 0.15) is 0 Å². The average molecular weight is 253 g/mol. The number of carbonyl (C=O) groups is 2. The van der Waals surface area contributed by atoms with Crippen molar-refractivity contribution in [3.63, 3.8) is 0 Å². The fourth-order valence-electron chi connectivity index (χ4n) is 2.92. The summed E-state index contributed by atoms with van der Waals surface area (Å²) in [6, 6.07) is 0.136. The van der Waals surface area contributed by atoms with E-state index in [2.05, 4.69) is 17.6 Å². The number of rotatable bonds is 2. The van der Waals surface area contributed by atoms with Crippen LogP contribution in [0, 0.1) is 5.41 Å². The van der Waals surface area contributed by atoms with Crippen molar-refractivity contribution in [2.24, 2.45) is 5.41 Å². The molecule has 0 bridgehead atoms. The first kappa shape index (κ1) is 13.3. The van der Waals surface area contributed by atoms with Gasteiger partial charge < -0.3 is 15.5 Å². The van der Waals surface area contributed by atoms with E-state index in [4.69, 9.17) is 0 Å². The normalized spacial score (nSPS) is 27.0. The van der Waals surface area contributed by atoms with Crippen molar-refractivity contribution in [1.29, 1.82) is 0 Å². The van der Waals surface area contributed by atoms with Gasteiger partial charge in [-0.05, 0) is 32.4 Å². The van der Waals surface area contributed by atoms with Crippen LogP contribution >= 0.6 is 0 Å². The van der Waals surface area contributed by atoms with Gasteiger partial charge in [-0.15, -0.1) is 0 Å². The molecule has 2 N–H and O–H groups in total. The maximum absolute atomic E-state index is 12.5. The second-order valence-corrected chi connectivity index (χ2v) is 5.75. The number of nitrogens with zero attached hydrogens (tertiary/aromatic N) is 1. The monoisotopic (exact) mass is 253 g/mol. The summed E-state index contributed by atoms with van der Waals surface area (Å²) in [5.41, 5.74) is -0.212. The molecule has 5 heteroatoms. The number of piperidine rings is 1. The second kappa shape index (κ2) is 5.26. The summed E-state index contributed by atoms with van der Waals surface area (Å²) in [5.74, 6) is 0.249. The number of likely N-dealkylation sites (tertiary alicyclic amines) is 1. The highest BCUT2D eigenvalue weighted by Gasteiger charge is 2.39. The molecule has 0 radical (unpaired) electrons. The summed E-state index contributed by atoms with van der Waals surface area (Å²) >= 11 is 0. The molecular formula is C13H23N3O2. The Morgan fingerprint density at radius 2 is 2.00 bits per heavy atom. The van der Waals surface area contributed by atoms with Gasteiger partial charge in [0.15, 0.2) is 0 Å². The van der Waals surface area contributed by atoms with E-state index in [0.717, 1.165) is 38.9 Å². The van der Waals surface area contributed by atoms with Crippen molar-refractivity contribution in [3.05, 3.63) is 0 Å². The molecule has 2 heterocycles. The molecule has 2 rings (SSSR count). The third-order valence-electron chi connectivity index (χ3n) is 4.11. The van der Waals surface area contributed by atoms with Crippen LogP contribution in [-0.2, 0) is 9.59 Å². The summed E-state index contributed by atoms with van der Waals surface area (Å²) in [6.07, 6.45) is 2.69. The standard InChI is InChI=1S/C13H23N3O2/c1-10(17)15-11-3-8-16(9-11)12(18)13(2)4-6-14-7-5-13/h11,14H,3-9H2,1-2H3,(H,15,17). The molecule has 0 saturated carbocycles. The molecule has 0 aromatic carbocycles. The highest BCUT2D eigenvalue weighted by atomic mass is 16.2. The Morgan fingerprint density at radius 1 is 1.33 bits per heavy atom. The molecule has 0 aromatic rings. The van der Waals surface area contributed by atoms with Crippen LogP contribution < -0.4 is 10.6 Å². The Kier molecular flexibility index (Phi) is 3.90. The predicted molar refractivity (Wildman–Crippen MR) is 69.0 cm³/mol. The molecule has 0 spiro atoms. The molecule has 0 aromatic heterocycles. The Balaban J connectivity index is 1.92. The topological polar surface area (TPSA) is 61.4 Å². The minimum atomic E-state index is -0.212. The highest BCUT2D eigenvalue weighted by Crippen LogP contribution is 2.31. The van der Waals surface area contributed by atoms with E-state index in [9.17, 15) is 9.59 Å². The van der Waals surface area contributed by atoms with Gasteiger partial charge >= 0.3 is 0 Å². The fourth-order valence-corrected chi connectivity index (χ4v) is 2.92. The molecule has 2 aliphatic rings. The van der Waals surface area contributed by atoms with E-state index >= 15 is 0 Å². The van der Waals surface area contributed by atoms with E-state index < -0.39 is 0 Å². The lowest BCUT2D eigenvalue weighted by atomic mass is 9.80. The maximum atomic E-state index is 12.5. The first-order chi connectivity index (χ1) is 8.51. The summed E-state index contributed by atoms with van der Waals surface area (Å²) in [6.45, 7) is 6.88. The zero-order valence-corrected chi connectivity index (χ0v) is 11.3. The van der Waals surface area contributed by atoms with Gasteiger partial charge in [-0.25, -0.2) is 0 Å². The minimum Gasteiger partial charge on any atom is -0.352 e. The zero-order valence-electron chi connectivity index (χ0n) is 11.3. The SMILES string of the molecule is CC(=O)NC1CCN(C(=O)C2(C)CCNCC2)C1. The number of amides is 2. The first-order valence-corrected chi connectivity index (χ1v) is 6.78. The van der Waals surface area contributed by atoms with Crippen LogP contribution in [-0.4, -0.2) is 48.9 Å². The maximum Gasteiger partial charge on any atom is 0.228 e. The van der Waals surface area contributed by atoms with Gasteiger partial charge in [0.05, 0.1) is 0 Å². The van der Waals surface area contributed by atoms with Gasteiger partial charge in [0.2, 0.25) is 11.8 Å². The highest BCUT2D eigenvalue weighted by molar-refractivity contribution is 5.83. The Bertz CT molecular complexity index is 337. The van der Waals surface area contributed by atoms with Gasteiger partial charge in [0.25, 0.3) is 0 Å². The minimum absolute atomic E-state index is 0.0117. The smallest absolute Gasteiger partial charge is 0.228 e. The van der Waals surface area contributed by atoms with Crippen LogP contribution in [0.2, 0.25) is 0 Å². The summed E-state index contributed by atoms with van der Waals surface area (Å²) in [4.78, 5) is 25.5. The molecule has 1 atom stereocenters. The number of hydrogen-bond acceptors (Lipinski definition) is 3. The van der Waals surface area contributed by atoms with Crippen molar-refractivity contribution in [3.8, 4) is 0 Å². The average Bonchev–Trinajstić information content (AvgIpc) is 2.76. The molecule has 5 nitrogen and oxygen atoms in total. The van der Waals surface area contributed by atoms with Gasteiger partial charge in [-0.3, -0.25) is 9.59 Å². The summed E-state index contributed by atoms with van der Waals surface area (Å²) in [7, 11) is 0. The van der Waals surface area contributed by atoms with Gasteiger partial charge in [0, 0.05) is 31.5 Å². The van der Waals surface area contributed by atoms with Crippen LogP contribution in [0.15, 0.2) is 0 Å². The van der Waals surface area contributed by atoms with Crippen LogP contribution in [0.25, 0.3) is 0 Å². The van der Waals surface area contributed by atoms with Crippen LogP contribution in [0.5, 0.6) is 0 Å². The van der Waals surface area contributed by atoms with Crippen molar-refractivity contribution in [1.82, 2.24) is 15.5 Å². The van der Waals surface area contributed by atoms with E-state index in [0.29, 0.717) is 6.54 Å². The van der Waals surface area contributed by atoms with E-state index in [1.807, 2.05) is 4.90 Å². The van der Waals surface area contributed by atoms with Crippen LogP contribution in [0.3, 0.4) is 0 Å². The molecule has 18 heavy (non-hydrogen) atoms. The predicted octanol–water partition coefficient (Wildman–Crippen LogP) is 0.113. The lowest BCUT2D eigenvalue weighted by Crippen LogP contribution is -2.48.